The number of ketones is 1. The summed E-state index contributed by atoms with van der Waals surface area (Å²) in [5.41, 5.74) is -0.147. The molecular formula is C12H11FN2O3. The largest absolute Gasteiger partial charge is 0.561 e. The number of nitrogens with zero attached hydrogens (tertiary/aromatic N) is 2. The van der Waals surface area contributed by atoms with E-state index in [1.165, 1.54) is 12.1 Å². The Labute approximate surface area is 103 Å². The van der Waals surface area contributed by atoms with Gasteiger partial charge >= 0.3 is 17.2 Å². The standard InChI is InChI=1S/C12H11FN2O3/c1-7(2)10-12(16)11(15(18)14(10)17)8-3-5-9(13)6-4-8/h3-7H,1-2H3. The molecule has 1 aromatic carbocycles. The van der Waals surface area contributed by atoms with Gasteiger partial charge in [-0.25, -0.2) is 4.39 Å². The summed E-state index contributed by atoms with van der Waals surface area (Å²) in [6.45, 7) is 3.30. The Morgan fingerprint density at radius 1 is 1.11 bits per heavy atom. The first-order valence-corrected chi connectivity index (χ1v) is 5.42. The molecule has 6 heteroatoms. The number of hydrogen-bond donors (Lipinski definition) is 0. The predicted octanol–water partition coefficient (Wildman–Crippen LogP) is 1.23. The van der Waals surface area contributed by atoms with Gasteiger partial charge in [-0.15, -0.1) is 0 Å². The molecule has 0 aliphatic carbocycles. The van der Waals surface area contributed by atoms with Crippen LogP contribution < -0.4 is 0 Å². The molecule has 18 heavy (non-hydrogen) atoms. The van der Waals surface area contributed by atoms with Gasteiger partial charge in [0.15, 0.2) is 0 Å². The Kier molecular flexibility index (Phi) is 2.86. The van der Waals surface area contributed by atoms with E-state index in [0.717, 1.165) is 12.1 Å². The Morgan fingerprint density at radius 3 is 2.11 bits per heavy atom. The van der Waals surface area contributed by atoms with Crippen LogP contribution in [0.2, 0.25) is 0 Å². The van der Waals surface area contributed by atoms with Crippen molar-refractivity contribution in [2.24, 2.45) is 5.92 Å². The fraction of sp³-hybridized carbons (Fsp3) is 0.250. The summed E-state index contributed by atoms with van der Waals surface area (Å²) in [5, 5.41) is 23.3. The van der Waals surface area contributed by atoms with Crippen LogP contribution in [-0.2, 0) is 4.79 Å². The highest BCUT2D eigenvalue weighted by molar-refractivity contribution is 6.68. The maximum absolute atomic E-state index is 12.8. The van der Waals surface area contributed by atoms with Crippen molar-refractivity contribution in [3.8, 4) is 0 Å². The number of hydrazine groups is 1. The zero-order valence-corrected chi connectivity index (χ0v) is 9.88. The van der Waals surface area contributed by atoms with Crippen molar-refractivity contribution in [3.05, 3.63) is 46.1 Å². The first kappa shape index (κ1) is 12.2. The van der Waals surface area contributed by atoms with E-state index in [2.05, 4.69) is 0 Å². The van der Waals surface area contributed by atoms with E-state index in [1.807, 2.05) is 0 Å². The van der Waals surface area contributed by atoms with Crippen LogP contribution in [0.15, 0.2) is 24.3 Å². The van der Waals surface area contributed by atoms with Gasteiger partial charge in [-0.2, -0.15) is 0 Å². The number of hydrogen-bond acceptors (Lipinski definition) is 3. The van der Waals surface area contributed by atoms with Crippen molar-refractivity contribution in [2.75, 3.05) is 0 Å². The highest BCUT2D eigenvalue weighted by atomic mass is 19.1. The average molecular weight is 250 g/mol. The van der Waals surface area contributed by atoms with Gasteiger partial charge < -0.3 is 10.4 Å². The minimum Gasteiger partial charge on any atom is -0.561 e. The van der Waals surface area contributed by atoms with Gasteiger partial charge in [0.05, 0.1) is 21.2 Å². The van der Waals surface area contributed by atoms with Crippen molar-refractivity contribution in [1.29, 1.82) is 0 Å². The number of Topliss-reactive ketones (excluding diaryl/α,β-unsaturated/α-hetero) is 1. The molecule has 0 aromatic heterocycles. The van der Waals surface area contributed by atoms with Crippen LogP contribution in [0.1, 0.15) is 19.4 Å². The maximum Gasteiger partial charge on any atom is 0.348 e. The zero-order valence-electron chi connectivity index (χ0n) is 9.88. The summed E-state index contributed by atoms with van der Waals surface area (Å²) in [7, 11) is 0. The quantitative estimate of drug-likeness (QED) is 0.585. The van der Waals surface area contributed by atoms with E-state index in [4.69, 9.17) is 0 Å². The topological polar surface area (TPSA) is 69.2 Å². The highest BCUT2D eigenvalue weighted by Crippen LogP contribution is 2.13. The van der Waals surface area contributed by atoms with E-state index in [-0.39, 0.29) is 32.6 Å². The molecule has 0 N–H and O–H groups in total. The summed E-state index contributed by atoms with van der Waals surface area (Å²) in [5.74, 6) is -1.44. The van der Waals surface area contributed by atoms with E-state index < -0.39 is 11.6 Å². The van der Waals surface area contributed by atoms with Gasteiger partial charge in [0.25, 0.3) is 0 Å². The molecule has 0 radical (unpaired) electrons. The smallest absolute Gasteiger partial charge is 0.348 e. The Balaban J connectivity index is 2.50. The SMILES string of the molecule is CC(C)C1=[N+]([O-])[N+]([O-])=C(c2ccc(F)cc2)C1=O. The molecule has 0 unspecified atom stereocenters. The molecule has 1 aliphatic heterocycles. The van der Waals surface area contributed by atoms with Gasteiger partial charge in [0.1, 0.15) is 5.82 Å². The molecule has 0 bridgehead atoms. The van der Waals surface area contributed by atoms with Crippen LogP contribution in [0.5, 0.6) is 0 Å². The number of carbonyl (C=O) groups is 1. The molecule has 1 aliphatic rings. The number of benzene rings is 1. The van der Waals surface area contributed by atoms with E-state index in [0.29, 0.717) is 0 Å². The molecule has 5 nitrogen and oxygen atoms in total. The molecule has 0 saturated heterocycles. The minimum absolute atomic E-state index is 0.00487. The molecule has 1 aromatic rings. The summed E-state index contributed by atoms with van der Waals surface area (Å²) in [6.07, 6.45) is 0. The second-order valence-corrected chi connectivity index (χ2v) is 4.27. The van der Waals surface area contributed by atoms with Gasteiger partial charge in [0, 0.05) is 0 Å². The Bertz CT molecular complexity index is 573. The van der Waals surface area contributed by atoms with Crippen LogP contribution in [0.25, 0.3) is 0 Å². The third kappa shape index (κ3) is 1.75. The van der Waals surface area contributed by atoms with Crippen molar-refractivity contribution in [2.45, 2.75) is 13.8 Å². The van der Waals surface area contributed by atoms with E-state index >= 15 is 0 Å². The molecule has 2 rings (SSSR count). The lowest BCUT2D eigenvalue weighted by Gasteiger charge is -1.99. The average Bonchev–Trinajstić information content (AvgIpc) is 2.52. The summed E-state index contributed by atoms with van der Waals surface area (Å²) in [6, 6.07) is 4.85. The molecule has 0 saturated carbocycles. The highest BCUT2D eigenvalue weighted by Gasteiger charge is 2.46. The monoisotopic (exact) mass is 250 g/mol. The number of carbonyl (C=O) groups excluding carboxylic acids is 1. The third-order valence-electron chi connectivity index (χ3n) is 2.67. The normalized spacial score (nSPS) is 16.1. The first-order valence-electron chi connectivity index (χ1n) is 5.42. The molecule has 94 valence electrons. The Morgan fingerprint density at radius 2 is 1.67 bits per heavy atom. The molecule has 0 spiro atoms. The van der Waals surface area contributed by atoms with Gasteiger partial charge in [0.2, 0.25) is 0 Å². The lowest BCUT2D eigenvalue weighted by atomic mass is 9.98. The van der Waals surface area contributed by atoms with Crippen LogP contribution in [0, 0.1) is 22.1 Å². The lowest BCUT2D eigenvalue weighted by Crippen LogP contribution is -2.27. The first-order chi connectivity index (χ1) is 8.43. The number of halogens is 1. The number of hydrazone groups is 2. The second kappa shape index (κ2) is 4.21. The van der Waals surface area contributed by atoms with Crippen molar-refractivity contribution in [3.63, 3.8) is 0 Å². The van der Waals surface area contributed by atoms with Gasteiger partial charge in [-0.05, 0) is 24.3 Å². The van der Waals surface area contributed by atoms with Crippen molar-refractivity contribution < 1.29 is 18.9 Å². The third-order valence-corrected chi connectivity index (χ3v) is 2.67. The summed E-state index contributed by atoms with van der Waals surface area (Å²) >= 11 is 0. The van der Waals surface area contributed by atoms with E-state index in [9.17, 15) is 19.6 Å². The van der Waals surface area contributed by atoms with Crippen LogP contribution in [0.3, 0.4) is 0 Å². The molecule has 0 atom stereocenters. The predicted molar refractivity (Wildman–Crippen MR) is 62.6 cm³/mol. The van der Waals surface area contributed by atoms with Gasteiger partial charge in [-0.1, -0.05) is 13.8 Å². The fourth-order valence-electron chi connectivity index (χ4n) is 1.82. The number of rotatable bonds is 2. The van der Waals surface area contributed by atoms with Crippen LogP contribution in [0.4, 0.5) is 4.39 Å². The van der Waals surface area contributed by atoms with Gasteiger partial charge in [-0.3, -0.25) is 4.79 Å². The zero-order chi connectivity index (χ0) is 13.4. The molecular weight excluding hydrogens is 239 g/mol. The fourth-order valence-corrected chi connectivity index (χ4v) is 1.82. The lowest BCUT2D eigenvalue weighted by molar-refractivity contribution is -1.05. The van der Waals surface area contributed by atoms with Crippen LogP contribution >= 0.6 is 0 Å². The maximum atomic E-state index is 12.8. The molecule has 1 heterocycles. The molecule has 0 amide bonds. The second-order valence-electron chi connectivity index (χ2n) is 4.27. The molecule has 0 fully saturated rings. The Hall–Kier alpha value is -2.24. The van der Waals surface area contributed by atoms with Crippen molar-refractivity contribution in [1.82, 2.24) is 0 Å². The summed E-state index contributed by atoms with van der Waals surface area (Å²) < 4.78 is 12.8. The minimum atomic E-state index is -0.610. The van der Waals surface area contributed by atoms with Crippen molar-refractivity contribution >= 4 is 17.2 Å². The van der Waals surface area contributed by atoms with Crippen LogP contribution in [-0.4, -0.2) is 26.9 Å². The van der Waals surface area contributed by atoms with E-state index in [1.54, 1.807) is 13.8 Å². The summed E-state index contributed by atoms with van der Waals surface area (Å²) in [4.78, 5) is 12.1.